The van der Waals surface area contributed by atoms with Crippen LogP contribution in [0, 0.1) is 0 Å². The maximum Gasteiger partial charge on any atom is 0.125 e. The summed E-state index contributed by atoms with van der Waals surface area (Å²) in [4.78, 5) is 0. The second kappa shape index (κ2) is 5.25. The van der Waals surface area contributed by atoms with Crippen LogP contribution in [0.5, 0.6) is 11.5 Å². The summed E-state index contributed by atoms with van der Waals surface area (Å²) < 4.78 is 0. The van der Waals surface area contributed by atoms with E-state index in [1.807, 2.05) is 0 Å². The fourth-order valence-electron chi connectivity index (χ4n) is 1.28. The molecule has 0 amide bonds. The number of thiol groups is 1. The Bertz CT molecular complexity index is 329. The van der Waals surface area contributed by atoms with Crippen LogP contribution in [0.1, 0.15) is 18.1 Å². The lowest BCUT2D eigenvalue weighted by atomic mass is 10.0. The second-order valence-corrected chi connectivity index (χ2v) is 3.71. The van der Waals surface area contributed by atoms with Crippen LogP contribution in [0.15, 0.2) is 18.2 Å². The Kier molecular flexibility index (Phi) is 4.26. The quantitative estimate of drug-likeness (QED) is 0.496. The Morgan fingerprint density at radius 2 is 1.87 bits per heavy atom. The van der Waals surface area contributed by atoms with Crippen LogP contribution in [0.3, 0.4) is 0 Å². The molecule has 84 valence electrons. The molecule has 0 bridgehead atoms. The molecule has 2 atom stereocenters. The van der Waals surface area contributed by atoms with Gasteiger partial charge >= 0.3 is 0 Å². The first kappa shape index (κ1) is 12.2. The number of aliphatic hydroxyl groups excluding tert-OH is 2. The van der Waals surface area contributed by atoms with E-state index in [-0.39, 0.29) is 17.1 Å². The van der Waals surface area contributed by atoms with E-state index in [0.717, 1.165) is 6.07 Å². The van der Waals surface area contributed by atoms with E-state index in [0.29, 0.717) is 12.2 Å². The Morgan fingerprint density at radius 1 is 1.20 bits per heavy atom. The zero-order valence-corrected chi connectivity index (χ0v) is 8.93. The maximum absolute atomic E-state index is 9.67. The van der Waals surface area contributed by atoms with Gasteiger partial charge in [-0.25, -0.2) is 0 Å². The average molecular weight is 230 g/mol. The summed E-state index contributed by atoms with van der Waals surface area (Å²) in [5, 5.41) is 37.6. The SMILES string of the molecule is Oc1ccc(C(O)C(O)CCS)c(O)c1. The molecule has 0 aromatic heterocycles. The molecule has 0 heterocycles. The van der Waals surface area contributed by atoms with Crippen molar-refractivity contribution in [3.63, 3.8) is 0 Å². The van der Waals surface area contributed by atoms with Crippen LogP contribution in [0.4, 0.5) is 0 Å². The van der Waals surface area contributed by atoms with E-state index in [1.54, 1.807) is 0 Å². The van der Waals surface area contributed by atoms with E-state index in [2.05, 4.69) is 12.6 Å². The van der Waals surface area contributed by atoms with Gasteiger partial charge in [-0.15, -0.1) is 0 Å². The first-order valence-corrected chi connectivity index (χ1v) is 5.18. The topological polar surface area (TPSA) is 80.9 Å². The summed E-state index contributed by atoms with van der Waals surface area (Å²) in [6.45, 7) is 0. The molecule has 5 heteroatoms. The molecule has 2 unspecified atom stereocenters. The zero-order valence-electron chi connectivity index (χ0n) is 8.04. The van der Waals surface area contributed by atoms with Gasteiger partial charge in [0.25, 0.3) is 0 Å². The largest absolute Gasteiger partial charge is 0.508 e. The summed E-state index contributed by atoms with van der Waals surface area (Å²) in [6, 6.07) is 3.83. The molecule has 0 aliphatic rings. The molecule has 1 aromatic carbocycles. The summed E-state index contributed by atoms with van der Waals surface area (Å²) in [5.74, 6) is 0.115. The molecule has 1 aromatic rings. The number of hydrogen-bond donors (Lipinski definition) is 5. The van der Waals surface area contributed by atoms with Crippen molar-refractivity contribution in [3.05, 3.63) is 23.8 Å². The lowest BCUT2D eigenvalue weighted by molar-refractivity contribution is 0.0159. The molecule has 0 saturated carbocycles. The van der Waals surface area contributed by atoms with Crippen LogP contribution < -0.4 is 0 Å². The molecule has 4 nitrogen and oxygen atoms in total. The van der Waals surface area contributed by atoms with Crippen molar-refractivity contribution in [2.45, 2.75) is 18.6 Å². The minimum atomic E-state index is -1.17. The number of benzene rings is 1. The third-order valence-corrected chi connectivity index (χ3v) is 2.38. The Morgan fingerprint density at radius 3 is 2.40 bits per heavy atom. The maximum atomic E-state index is 9.67. The van der Waals surface area contributed by atoms with E-state index in [4.69, 9.17) is 5.11 Å². The van der Waals surface area contributed by atoms with Crippen molar-refractivity contribution in [2.75, 3.05) is 5.75 Å². The Hall–Kier alpha value is -0.910. The standard InChI is InChI=1S/C10H14O4S/c11-6-1-2-7(9(13)5-6)10(14)8(12)3-4-15/h1-2,5,8,10-15H,3-4H2. The van der Waals surface area contributed by atoms with E-state index >= 15 is 0 Å². The smallest absolute Gasteiger partial charge is 0.125 e. The molecule has 0 radical (unpaired) electrons. The van der Waals surface area contributed by atoms with Gasteiger partial charge in [-0.2, -0.15) is 12.6 Å². The van der Waals surface area contributed by atoms with Gasteiger partial charge in [-0.3, -0.25) is 0 Å². The Balaban J connectivity index is 2.86. The van der Waals surface area contributed by atoms with Gasteiger partial charge in [0.15, 0.2) is 0 Å². The van der Waals surface area contributed by atoms with E-state index in [1.165, 1.54) is 12.1 Å². The molecule has 0 saturated heterocycles. The lowest BCUT2D eigenvalue weighted by Crippen LogP contribution is -2.18. The van der Waals surface area contributed by atoms with Gasteiger partial charge in [0.2, 0.25) is 0 Å². The molecule has 1 rings (SSSR count). The molecular weight excluding hydrogens is 216 g/mol. The molecule has 0 aliphatic carbocycles. The van der Waals surface area contributed by atoms with Crippen molar-refractivity contribution in [2.24, 2.45) is 0 Å². The number of aromatic hydroxyl groups is 2. The van der Waals surface area contributed by atoms with Crippen LogP contribution in [-0.2, 0) is 0 Å². The third kappa shape index (κ3) is 3.02. The first-order valence-electron chi connectivity index (χ1n) is 4.55. The normalized spacial score (nSPS) is 14.9. The molecule has 0 spiro atoms. The van der Waals surface area contributed by atoms with Gasteiger partial charge < -0.3 is 20.4 Å². The predicted molar refractivity (Wildman–Crippen MR) is 59.2 cm³/mol. The van der Waals surface area contributed by atoms with E-state index in [9.17, 15) is 15.3 Å². The number of aliphatic hydroxyl groups is 2. The van der Waals surface area contributed by atoms with Crippen molar-refractivity contribution in [3.8, 4) is 11.5 Å². The van der Waals surface area contributed by atoms with Gasteiger partial charge in [0.05, 0.1) is 6.10 Å². The summed E-state index contributed by atoms with van der Waals surface area (Å²) >= 11 is 3.94. The summed E-state index contributed by atoms with van der Waals surface area (Å²) in [7, 11) is 0. The Labute approximate surface area is 93.2 Å². The average Bonchev–Trinajstić information content (AvgIpc) is 2.17. The fourth-order valence-corrected chi connectivity index (χ4v) is 1.54. The first-order chi connectivity index (χ1) is 7.06. The number of phenolic OH excluding ortho intramolecular Hbond substituents is 2. The van der Waals surface area contributed by atoms with Gasteiger partial charge in [-0.05, 0) is 24.3 Å². The van der Waals surface area contributed by atoms with Crippen LogP contribution in [0.2, 0.25) is 0 Å². The van der Waals surface area contributed by atoms with Crippen LogP contribution in [-0.4, -0.2) is 32.3 Å². The highest BCUT2D eigenvalue weighted by Crippen LogP contribution is 2.30. The molecule has 15 heavy (non-hydrogen) atoms. The van der Waals surface area contributed by atoms with Crippen molar-refractivity contribution >= 4 is 12.6 Å². The highest BCUT2D eigenvalue weighted by Gasteiger charge is 2.20. The van der Waals surface area contributed by atoms with Gasteiger partial charge in [-0.1, -0.05) is 0 Å². The molecular formula is C10H14O4S. The molecule has 4 N–H and O–H groups in total. The van der Waals surface area contributed by atoms with Crippen molar-refractivity contribution in [1.82, 2.24) is 0 Å². The van der Waals surface area contributed by atoms with Gasteiger partial charge in [0.1, 0.15) is 17.6 Å². The highest BCUT2D eigenvalue weighted by atomic mass is 32.1. The predicted octanol–water partition coefficient (Wildman–Crippen LogP) is 0.812. The number of rotatable bonds is 4. The minimum Gasteiger partial charge on any atom is -0.508 e. The minimum absolute atomic E-state index is 0.0906. The summed E-state index contributed by atoms with van der Waals surface area (Å²) in [5.41, 5.74) is 0.196. The number of hydrogen-bond acceptors (Lipinski definition) is 5. The third-order valence-electron chi connectivity index (χ3n) is 2.12. The zero-order chi connectivity index (χ0) is 11.4. The van der Waals surface area contributed by atoms with Crippen LogP contribution >= 0.6 is 12.6 Å². The van der Waals surface area contributed by atoms with Crippen molar-refractivity contribution in [1.29, 1.82) is 0 Å². The van der Waals surface area contributed by atoms with Gasteiger partial charge in [0, 0.05) is 11.6 Å². The summed E-state index contributed by atoms with van der Waals surface area (Å²) in [6.07, 6.45) is -1.82. The second-order valence-electron chi connectivity index (χ2n) is 3.27. The number of phenols is 2. The fraction of sp³-hybridized carbons (Fsp3) is 0.400. The molecule has 0 aliphatic heterocycles. The lowest BCUT2D eigenvalue weighted by Gasteiger charge is -2.18. The monoisotopic (exact) mass is 230 g/mol. The highest BCUT2D eigenvalue weighted by molar-refractivity contribution is 7.80. The van der Waals surface area contributed by atoms with E-state index < -0.39 is 12.2 Å². The van der Waals surface area contributed by atoms with Crippen molar-refractivity contribution < 1.29 is 20.4 Å². The molecule has 0 fully saturated rings. The van der Waals surface area contributed by atoms with Crippen LogP contribution in [0.25, 0.3) is 0 Å².